The van der Waals surface area contributed by atoms with Gasteiger partial charge in [0, 0.05) is 5.69 Å². The van der Waals surface area contributed by atoms with E-state index in [0.717, 1.165) is 22.9 Å². The second-order valence-corrected chi connectivity index (χ2v) is 10.4. The normalized spacial score (nSPS) is 12.5. The lowest BCUT2D eigenvalue weighted by atomic mass is 9.79. The van der Waals surface area contributed by atoms with E-state index >= 15 is 0 Å². The largest absolute Gasteiger partial charge is 0.354 e. The van der Waals surface area contributed by atoms with Crippen molar-refractivity contribution in [3.05, 3.63) is 57.6 Å². The van der Waals surface area contributed by atoms with Crippen LogP contribution in [0.25, 0.3) is 0 Å². The van der Waals surface area contributed by atoms with Crippen LogP contribution in [0.4, 0.5) is 11.4 Å². The van der Waals surface area contributed by atoms with Crippen LogP contribution in [0.3, 0.4) is 0 Å². The monoisotopic (exact) mass is 405 g/mol. The maximum atomic E-state index is 6.45. The molecule has 0 aliphatic carbocycles. The molecule has 27 heavy (non-hydrogen) atoms. The molecule has 0 aromatic heterocycles. The fourth-order valence-electron chi connectivity index (χ4n) is 3.07. The molecule has 0 unspecified atom stereocenters. The van der Waals surface area contributed by atoms with Gasteiger partial charge in [-0.3, -0.25) is 0 Å². The topological polar surface area (TPSA) is 12.0 Å². The number of hydrogen-bond acceptors (Lipinski definition) is 1. The van der Waals surface area contributed by atoms with Gasteiger partial charge in [0.15, 0.2) is 0 Å². The van der Waals surface area contributed by atoms with Crippen molar-refractivity contribution in [2.45, 2.75) is 72.1 Å². The Balaban J connectivity index is 2.23. The summed E-state index contributed by atoms with van der Waals surface area (Å²) in [6, 6.07) is 12.7. The van der Waals surface area contributed by atoms with E-state index in [1.165, 1.54) is 18.4 Å². The zero-order chi connectivity index (χ0) is 20.4. The van der Waals surface area contributed by atoms with Gasteiger partial charge in [-0.1, -0.05) is 90.2 Å². The summed E-state index contributed by atoms with van der Waals surface area (Å²) in [5, 5.41) is 4.58. The van der Waals surface area contributed by atoms with E-state index in [0.29, 0.717) is 10.0 Å². The molecule has 0 fully saturated rings. The SMILES string of the molecule is CC(C)CCC(C)(C)c1ccc(Nc2cc(C(C)(C)C)cc(Cl)c2Cl)cc1. The molecule has 3 heteroatoms. The minimum Gasteiger partial charge on any atom is -0.354 e. The van der Waals surface area contributed by atoms with Crippen molar-refractivity contribution in [2.24, 2.45) is 5.92 Å². The molecule has 0 atom stereocenters. The molecule has 0 heterocycles. The molecule has 148 valence electrons. The first kappa shape index (κ1) is 22.1. The Morgan fingerprint density at radius 2 is 1.48 bits per heavy atom. The molecule has 1 N–H and O–H groups in total. The maximum absolute atomic E-state index is 6.45. The fourth-order valence-corrected chi connectivity index (χ4v) is 3.44. The standard InChI is InChI=1S/C24H33Cl2N/c1-16(2)12-13-24(6,7)17-8-10-19(11-9-17)27-21-15-18(23(3,4)5)14-20(25)22(21)26/h8-11,14-16,27H,12-13H2,1-7H3. The molecule has 2 aromatic rings. The third kappa shape index (κ3) is 5.90. The van der Waals surface area contributed by atoms with E-state index in [-0.39, 0.29) is 10.8 Å². The minimum absolute atomic E-state index is 0.00888. The van der Waals surface area contributed by atoms with Gasteiger partial charge in [0.25, 0.3) is 0 Å². The number of hydrogen-bond donors (Lipinski definition) is 1. The van der Waals surface area contributed by atoms with E-state index < -0.39 is 0 Å². The quantitative estimate of drug-likeness (QED) is 0.506. The molecule has 0 bridgehead atoms. The van der Waals surface area contributed by atoms with Crippen LogP contribution in [0, 0.1) is 5.92 Å². The van der Waals surface area contributed by atoms with Gasteiger partial charge in [0.2, 0.25) is 0 Å². The molecule has 0 spiro atoms. The van der Waals surface area contributed by atoms with Gasteiger partial charge in [-0.05, 0) is 58.6 Å². The first-order chi connectivity index (χ1) is 12.4. The lowest BCUT2D eigenvalue weighted by molar-refractivity contribution is 0.415. The highest BCUT2D eigenvalue weighted by Gasteiger charge is 2.21. The lowest BCUT2D eigenvalue weighted by Crippen LogP contribution is -2.17. The Labute approximate surface area is 175 Å². The molecule has 2 rings (SSSR count). The first-order valence-electron chi connectivity index (χ1n) is 9.77. The fraction of sp³-hybridized carbons (Fsp3) is 0.500. The van der Waals surface area contributed by atoms with Crippen LogP contribution in [0.2, 0.25) is 10.0 Å². The maximum Gasteiger partial charge on any atom is 0.0827 e. The van der Waals surface area contributed by atoms with Gasteiger partial charge in [0.05, 0.1) is 15.7 Å². The molecule has 0 radical (unpaired) electrons. The predicted octanol–water partition coefficient (Wildman–Crippen LogP) is 8.75. The molecule has 0 saturated heterocycles. The second kappa shape index (κ2) is 8.45. The van der Waals surface area contributed by atoms with Gasteiger partial charge in [-0.15, -0.1) is 0 Å². The molecular weight excluding hydrogens is 373 g/mol. The number of benzene rings is 2. The van der Waals surface area contributed by atoms with Crippen molar-refractivity contribution in [3.63, 3.8) is 0 Å². The van der Waals surface area contributed by atoms with Gasteiger partial charge in [-0.2, -0.15) is 0 Å². The summed E-state index contributed by atoms with van der Waals surface area (Å²) in [6.45, 7) is 15.7. The average molecular weight is 406 g/mol. The number of nitrogens with one attached hydrogen (secondary N) is 1. The van der Waals surface area contributed by atoms with Gasteiger partial charge < -0.3 is 5.32 Å². The van der Waals surface area contributed by atoms with Crippen LogP contribution in [0.15, 0.2) is 36.4 Å². The highest BCUT2D eigenvalue weighted by Crippen LogP contribution is 2.38. The average Bonchev–Trinajstić information content (AvgIpc) is 2.56. The Hall–Kier alpha value is -1.18. The van der Waals surface area contributed by atoms with Crippen LogP contribution in [0.5, 0.6) is 0 Å². The summed E-state index contributed by atoms with van der Waals surface area (Å²) >= 11 is 12.8. The van der Waals surface area contributed by atoms with Crippen LogP contribution >= 0.6 is 23.2 Å². The van der Waals surface area contributed by atoms with Gasteiger partial charge >= 0.3 is 0 Å². The molecular formula is C24H33Cl2N. The molecule has 0 saturated carbocycles. The zero-order valence-electron chi connectivity index (χ0n) is 17.7. The summed E-state index contributed by atoms with van der Waals surface area (Å²) in [5.41, 5.74) is 4.57. The smallest absolute Gasteiger partial charge is 0.0827 e. The van der Waals surface area contributed by atoms with Crippen LogP contribution in [-0.4, -0.2) is 0 Å². The third-order valence-corrected chi connectivity index (χ3v) is 5.99. The van der Waals surface area contributed by atoms with Gasteiger partial charge in [-0.25, -0.2) is 0 Å². The van der Waals surface area contributed by atoms with E-state index in [1.807, 2.05) is 6.07 Å². The molecule has 0 aliphatic heterocycles. The summed E-state index contributed by atoms with van der Waals surface area (Å²) in [5.74, 6) is 0.729. The molecule has 2 aromatic carbocycles. The second-order valence-electron chi connectivity index (χ2n) is 9.59. The van der Waals surface area contributed by atoms with Crippen LogP contribution in [0.1, 0.15) is 72.4 Å². The Morgan fingerprint density at radius 1 is 0.889 bits per heavy atom. The van der Waals surface area contributed by atoms with Crippen LogP contribution < -0.4 is 5.32 Å². The Morgan fingerprint density at radius 3 is 2.00 bits per heavy atom. The van der Waals surface area contributed by atoms with Crippen molar-refractivity contribution >= 4 is 34.6 Å². The summed E-state index contributed by atoms with van der Waals surface area (Å²) in [7, 11) is 0. The van der Waals surface area contributed by atoms with E-state index in [1.54, 1.807) is 0 Å². The van der Waals surface area contributed by atoms with Crippen molar-refractivity contribution < 1.29 is 0 Å². The van der Waals surface area contributed by atoms with Crippen molar-refractivity contribution in [1.29, 1.82) is 0 Å². The van der Waals surface area contributed by atoms with Crippen molar-refractivity contribution in [2.75, 3.05) is 5.32 Å². The predicted molar refractivity (Wildman–Crippen MR) is 122 cm³/mol. The highest BCUT2D eigenvalue weighted by molar-refractivity contribution is 6.43. The number of anilines is 2. The Kier molecular flexibility index (Phi) is 6.92. The van der Waals surface area contributed by atoms with E-state index in [4.69, 9.17) is 23.2 Å². The van der Waals surface area contributed by atoms with Crippen LogP contribution in [-0.2, 0) is 10.8 Å². The number of rotatable bonds is 6. The Bertz CT molecular complexity index is 768. The highest BCUT2D eigenvalue weighted by atomic mass is 35.5. The molecule has 1 nitrogen and oxygen atoms in total. The lowest BCUT2D eigenvalue weighted by Gasteiger charge is -2.26. The van der Waals surface area contributed by atoms with E-state index in [9.17, 15) is 0 Å². The van der Waals surface area contributed by atoms with Gasteiger partial charge in [0.1, 0.15) is 0 Å². The molecule has 0 aliphatic rings. The van der Waals surface area contributed by atoms with E-state index in [2.05, 4.69) is 84.1 Å². The number of halogens is 2. The third-order valence-electron chi connectivity index (χ3n) is 5.19. The summed E-state index contributed by atoms with van der Waals surface area (Å²) < 4.78 is 0. The zero-order valence-corrected chi connectivity index (χ0v) is 19.2. The van der Waals surface area contributed by atoms with Crippen molar-refractivity contribution in [1.82, 2.24) is 0 Å². The first-order valence-corrected chi connectivity index (χ1v) is 10.5. The summed E-state index contributed by atoms with van der Waals surface area (Å²) in [4.78, 5) is 0. The minimum atomic E-state index is 0.00888. The summed E-state index contributed by atoms with van der Waals surface area (Å²) in [6.07, 6.45) is 2.42. The van der Waals surface area contributed by atoms with Crippen molar-refractivity contribution in [3.8, 4) is 0 Å². The molecule has 0 amide bonds.